The maximum Gasteiger partial charge on any atom is 0.256 e. The molecule has 0 amide bonds. The molecule has 1 rings (SSSR count). The molecule has 5 heteroatoms. The fraction of sp³-hybridized carbons (Fsp3) is 0. The first-order valence-corrected chi connectivity index (χ1v) is 2.46. The van der Waals surface area contributed by atoms with E-state index in [1.165, 1.54) is 12.3 Å². The van der Waals surface area contributed by atoms with Crippen LogP contribution in [0.4, 0.5) is 5.69 Å². The molecule has 1 aromatic rings. The number of aromatic nitrogens is 1. The van der Waals surface area contributed by atoms with Crippen molar-refractivity contribution in [3.63, 3.8) is 0 Å². The molecule has 1 heterocycles. The van der Waals surface area contributed by atoms with Gasteiger partial charge in [0.25, 0.3) is 5.88 Å². The smallest absolute Gasteiger partial charge is 0.256 e. The van der Waals surface area contributed by atoms with E-state index in [1.807, 2.05) is 0 Å². The molecule has 2 N–H and O–H groups in total. The van der Waals surface area contributed by atoms with Crippen LogP contribution in [-0.4, -0.2) is 15.2 Å². The molecule has 0 aliphatic heterocycles. The van der Waals surface area contributed by atoms with Gasteiger partial charge in [-0.2, -0.15) is 0 Å². The van der Waals surface area contributed by atoms with Crippen molar-refractivity contribution in [3.8, 4) is 11.6 Å². The molecule has 0 fully saturated rings. The van der Waals surface area contributed by atoms with E-state index in [0.29, 0.717) is 0 Å². The van der Waals surface area contributed by atoms with Crippen LogP contribution >= 0.6 is 0 Å². The lowest BCUT2D eigenvalue weighted by molar-refractivity contribution is 0.390. The van der Waals surface area contributed by atoms with Gasteiger partial charge in [-0.1, -0.05) is 0 Å². The van der Waals surface area contributed by atoms with Crippen LogP contribution in [0.2, 0.25) is 0 Å². The number of aromatic hydroxyl groups is 2. The number of hydrogen-bond acceptors (Lipinski definition) is 5. The summed E-state index contributed by atoms with van der Waals surface area (Å²) in [5.74, 6) is -1.17. The molecule has 0 atom stereocenters. The van der Waals surface area contributed by atoms with Crippen molar-refractivity contribution in [2.75, 3.05) is 0 Å². The zero-order valence-electron chi connectivity index (χ0n) is 4.85. The van der Waals surface area contributed by atoms with Crippen LogP contribution in [-0.2, 0) is 0 Å². The summed E-state index contributed by atoms with van der Waals surface area (Å²) >= 11 is 0. The minimum absolute atomic E-state index is 0.215. The molecule has 0 aromatic carbocycles. The van der Waals surface area contributed by atoms with Gasteiger partial charge in [-0.05, 0) is 11.2 Å². The van der Waals surface area contributed by atoms with Crippen LogP contribution in [0, 0.1) is 4.91 Å². The molecule has 52 valence electrons. The Balaban J connectivity index is 3.27. The van der Waals surface area contributed by atoms with Crippen molar-refractivity contribution >= 4 is 5.69 Å². The average molecular weight is 140 g/mol. The van der Waals surface area contributed by atoms with Gasteiger partial charge >= 0.3 is 0 Å². The molecular weight excluding hydrogens is 136 g/mol. The molecular formula is C5H4N2O3. The summed E-state index contributed by atoms with van der Waals surface area (Å²) < 4.78 is 0. The highest BCUT2D eigenvalue weighted by molar-refractivity contribution is 5.54. The van der Waals surface area contributed by atoms with Crippen molar-refractivity contribution in [2.45, 2.75) is 0 Å². The summed E-state index contributed by atoms with van der Waals surface area (Å²) in [6.45, 7) is 0. The van der Waals surface area contributed by atoms with Crippen LogP contribution in [0.15, 0.2) is 17.4 Å². The summed E-state index contributed by atoms with van der Waals surface area (Å²) in [7, 11) is 0. The largest absolute Gasteiger partial charge is 0.502 e. The van der Waals surface area contributed by atoms with E-state index in [2.05, 4.69) is 10.2 Å². The predicted octanol–water partition coefficient (Wildman–Crippen LogP) is 0.891. The first kappa shape index (κ1) is 6.47. The van der Waals surface area contributed by atoms with E-state index in [-0.39, 0.29) is 5.69 Å². The van der Waals surface area contributed by atoms with Crippen molar-refractivity contribution in [2.24, 2.45) is 5.18 Å². The summed E-state index contributed by atoms with van der Waals surface area (Å²) in [6.07, 6.45) is 1.17. The minimum Gasteiger partial charge on any atom is -0.502 e. The molecule has 1 aromatic heterocycles. The Morgan fingerprint density at radius 1 is 1.50 bits per heavy atom. The molecule has 0 aliphatic rings. The van der Waals surface area contributed by atoms with Gasteiger partial charge in [0.05, 0.1) is 0 Å². The number of pyridine rings is 1. The topological polar surface area (TPSA) is 82.8 Å². The second-order valence-electron chi connectivity index (χ2n) is 1.59. The van der Waals surface area contributed by atoms with Gasteiger partial charge in [-0.3, -0.25) is 0 Å². The summed E-state index contributed by atoms with van der Waals surface area (Å²) in [5, 5.41) is 19.9. The van der Waals surface area contributed by atoms with Gasteiger partial charge in [-0.15, -0.1) is 4.91 Å². The van der Waals surface area contributed by atoms with Crippen LogP contribution < -0.4 is 0 Å². The lowest BCUT2D eigenvalue weighted by Crippen LogP contribution is -1.73. The molecule has 0 saturated heterocycles. The number of hydrogen-bond donors (Lipinski definition) is 2. The van der Waals surface area contributed by atoms with Gasteiger partial charge in [0.15, 0.2) is 5.69 Å². The highest BCUT2D eigenvalue weighted by atomic mass is 16.3. The quantitative estimate of drug-likeness (QED) is 0.567. The van der Waals surface area contributed by atoms with E-state index in [9.17, 15) is 4.91 Å². The highest BCUT2D eigenvalue weighted by Crippen LogP contribution is 2.31. The van der Waals surface area contributed by atoms with Gasteiger partial charge in [0, 0.05) is 6.20 Å². The second-order valence-corrected chi connectivity index (χ2v) is 1.59. The Hall–Kier alpha value is -1.65. The summed E-state index contributed by atoms with van der Waals surface area (Å²) in [6, 6.07) is 1.20. The van der Waals surface area contributed by atoms with Crippen molar-refractivity contribution in [3.05, 3.63) is 17.2 Å². The molecule has 0 unspecified atom stereocenters. The van der Waals surface area contributed by atoms with Gasteiger partial charge < -0.3 is 10.2 Å². The third kappa shape index (κ3) is 0.883. The highest BCUT2D eigenvalue weighted by Gasteiger charge is 2.05. The first-order valence-electron chi connectivity index (χ1n) is 2.46. The molecule has 0 spiro atoms. The first-order chi connectivity index (χ1) is 4.75. The van der Waals surface area contributed by atoms with Crippen LogP contribution in [0.3, 0.4) is 0 Å². The molecule has 0 bridgehead atoms. The number of nitroso groups, excluding NO2 is 1. The normalized spacial score (nSPS) is 9.20. The SMILES string of the molecule is O=Nc1ccnc(O)c1O. The number of nitrogens with zero attached hydrogens (tertiary/aromatic N) is 2. The lowest BCUT2D eigenvalue weighted by Gasteiger charge is -1.94. The fourth-order valence-electron chi connectivity index (χ4n) is 0.507. The Morgan fingerprint density at radius 3 is 2.70 bits per heavy atom. The zero-order valence-corrected chi connectivity index (χ0v) is 4.85. The molecule has 0 radical (unpaired) electrons. The Morgan fingerprint density at radius 2 is 2.20 bits per heavy atom. The Bertz CT molecular complexity index is 261. The van der Waals surface area contributed by atoms with Crippen molar-refractivity contribution in [1.29, 1.82) is 0 Å². The lowest BCUT2D eigenvalue weighted by atomic mass is 10.4. The Kier molecular flexibility index (Phi) is 1.49. The molecule has 0 aliphatic carbocycles. The summed E-state index contributed by atoms with van der Waals surface area (Å²) in [4.78, 5) is 13.1. The molecule has 5 nitrogen and oxygen atoms in total. The third-order valence-corrected chi connectivity index (χ3v) is 0.982. The van der Waals surface area contributed by atoms with E-state index >= 15 is 0 Å². The molecule has 10 heavy (non-hydrogen) atoms. The van der Waals surface area contributed by atoms with E-state index in [1.54, 1.807) is 0 Å². The zero-order chi connectivity index (χ0) is 7.56. The van der Waals surface area contributed by atoms with Gasteiger partial charge in [0.2, 0.25) is 5.75 Å². The van der Waals surface area contributed by atoms with Crippen LogP contribution in [0.1, 0.15) is 0 Å². The predicted molar refractivity (Wildman–Crippen MR) is 33.0 cm³/mol. The van der Waals surface area contributed by atoms with Crippen molar-refractivity contribution < 1.29 is 10.2 Å². The minimum atomic E-state index is -0.586. The molecule has 0 saturated carbocycles. The van der Waals surface area contributed by atoms with Crippen LogP contribution in [0.5, 0.6) is 11.6 Å². The third-order valence-electron chi connectivity index (χ3n) is 0.982. The van der Waals surface area contributed by atoms with E-state index in [0.717, 1.165) is 0 Å². The maximum atomic E-state index is 9.83. The van der Waals surface area contributed by atoms with Gasteiger partial charge in [0.1, 0.15) is 0 Å². The van der Waals surface area contributed by atoms with E-state index in [4.69, 9.17) is 10.2 Å². The van der Waals surface area contributed by atoms with Gasteiger partial charge in [-0.25, -0.2) is 4.98 Å². The fourth-order valence-corrected chi connectivity index (χ4v) is 0.507. The second kappa shape index (κ2) is 2.30. The van der Waals surface area contributed by atoms with Crippen LogP contribution in [0.25, 0.3) is 0 Å². The monoisotopic (exact) mass is 140 g/mol. The standard InChI is InChI=1S/C5H4N2O3/c8-4-3(7-10)1-2-6-5(4)9/h1-2,8H,(H,6,9). The number of rotatable bonds is 1. The average Bonchev–Trinajstić information content (AvgIpc) is 1.95. The van der Waals surface area contributed by atoms with E-state index < -0.39 is 11.6 Å². The Labute approximate surface area is 55.9 Å². The van der Waals surface area contributed by atoms with Crippen molar-refractivity contribution in [1.82, 2.24) is 4.98 Å². The summed E-state index contributed by atoms with van der Waals surface area (Å²) in [5.41, 5.74) is -0.215. The maximum absolute atomic E-state index is 9.83.